The van der Waals surface area contributed by atoms with Gasteiger partial charge in [0.25, 0.3) is 0 Å². The molecule has 3 rings (SSSR count). The molecule has 0 atom stereocenters. The van der Waals surface area contributed by atoms with Gasteiger partial charge in [-0.3, -0.25) is 9.69 Å². The van der Waals surface area contributed by atoms with E-state index in [0.717, 1.165) is 38.0 Å². The number of nitrogens with zero attached hydrogens (tertiary/aromatic N) is 1. The Morgan fingerprint density at radius 1 is 1.22 bits per heavy atom. The summed E-state index contributed by atoms with van der Waals surface area (Å²) in [7, 11) is 0. The first kappa shape index (κ1) is 20.3. The first-order chi connectivity index (χ1) is 12.6. The normalized spacial score (nSPS) is 20.8. The zero-order valence-corrected chi connectivity index (χ0v) is 18.2. The second-order valence-electron chi connectivity index (χ2n) is 8.82. The highest BCUT2D eigenvalue weighted by Gasteiger charge is 2.68. The summed E-state index contributed by atoms with van der Waals surface area (Å²) in [6.45, 7) is 15.7. The number of esters is 1. The van der Waals surface area contributed by atoms with E-state index in [0.29, 0.717) is 17.2 Å². The number of ether oxygens (including phenoxy) is 1. The van der Waals surface area contributed by atoms with Crippen LogP contribution in [0.25, 0.3) is 0 Å². The fourth-order valence-electron chi connectivity index (χ4n) is 4.51. The molecule has 1 fully saturated rings. The van der Waals surface area contributed by atoms with Gasteiger partial charge in [0, 0.05) is 23.9 Å². The molecule has 0 radical (unpaired) electrons. The Morgan fingerprint density at radius 2 is 1.89 bits per heavy atom. The third kappa shape index (κ3) is 3.42. The lowest BCUT2D eigenvalue weighted by Gasteiger charge is -2.26. The Hall–Kier alpha value is -1.40. The number of amides is 1. The molecule has 1 aliphatic heterocycles. The minimum atomic E-state index is -0.316. The maximum Gasteiger partial charge on any atom is 0.341 e. The van der Waals surface area contributed by atoms with Gasteiger partial charge in [0.05, 0.1) is 12.2 Å². The van der Waals surface area contributed by atoms with E-state index in [1.807, 2.05) is 6.92 Å². The van der Waals surface area contributed by atoms with E-state index in [4.69, 9.17) is 4.74 Å². The van der Waals surface area contributed by atoms with Crippen LogP contribution in [0.1, 0.15) is 68.8 Å². The summed E-state index contributed by atoms with van der Waals surface area (Å²) in [5, 5.41) is 3.75. The zero-order valence-electron chi connectivity index (χ0n) is 17.4. The number of hydrogen-bond donors (Lipinski definition) is 1. The molecule has 5 nitrogen and oxygen atoms in total. The molecule has 1 saturated carbocycles. The first-order valence-corrected chi connectivity index (χ1v) is 10.8. The van der Waals surface area contributed by atoms with Crippen LogP contribution < -0.4 is 5.32 Å². The molecule has 6 heteroatoms. The van der Waals surface area contributed by atoms with Crippen molar-refractivity contribution in [2.24, 2.45) is 16.7 Å². The molecule has 1 aliphatic carbocycles. The van der Waals surface area contributed by atoms with E-state index >= 15 is 0 Å². The van der Waals surface area contributed by atoms with Crippen LogP contribution in [0.4, 0.5) is 5.00 Å². The topological polar surface area (TPSA) is 58.6 Å². The number of rotatable bonds is 6. The van der Waals surface area contributed by atoms with E-state index in [1.165, 1.54) is 4.88 Å². The van der Waals surface area contributed by atoms with Gasteiger partial charge in [0.2, 0.25) is 5.91 Å². The number of nitrogens with one attached hydrogen (secondary N) is 1. The van der Waals surface area contributed by atoms with Crippen molar-refractivity contribution >= 4 is 28.2 Å². The van der Waals surface area contributed by atoms with Crippen LogP contribution in [0.15, 0.2) is 0 Å². The summed E-state index contributed by atoms with van der Waals surface area (Å²) < 4.78 is 5.31. The van der Waals surface area contributed by atoms with E-state index in [9.17, 15) is 9.59 Å². The number of hydrogen-bond acceptors (Lipinski definition) is 5. The van der Waals surface area contributed by atoms with Crippen molar-refractivity contribution in [2.45, 2.75) is 60.9 Å². The average Bonchev–Trinajstić information content (AvgIpc) is 2.85. The summed E-state index contributed by atoms with van der Waals surface area (Å²) >= 11 is 1.55. The molecule has 1 N–H and O–H groups in total. The molecule has 0 spiro atoms. The van der Waals surface area contributed by atoms with Crippen LogP contribution in [-0.4, -0.2) is 36.5 Å². The molecule has 0 saturated heterocycles. The van der Waals surface area contributed by atoms with Gasteiger partial charge < -0.3 is 10.1 Å². The Balaban J connectivity index is 1.88. The predicted molar refractivity (Wildman–Crippen MR) is 109 cm³/mol. The van der Waals surface area contributed by atoms with Crippen LogP contribution in [0.3, 0.4) is 0 Å². The molecule has 150 valence electrons. The summed E-state index contributed by atoms with van der Waals surface area (Å²) in [4.78, 5) is 29.2. The highest BCUT2D eigenvalue weighted by Crippen LogP contribution is 2.68. The lowest BCUT2D eigenvalue weighted by molar-refractivity contribution is -0.118. The molecule has 27 heavy (non-hydrogen) atoms. The number of thiophene rings is 1. The summed E-state index contributed by atoms with van der Waals surface area (Å²) in [6.07, 6.45) is 1.94. The first-order valence-electron chi connectivity index (χ1n) is 10.00. The lowest BCUT2D eigenvalue weighted by atomic mass is 10.0. The molecule has 0 unspecified atom stereocenters. The smallest absolute Gasteiger partial charge is 0.341 e. The van der Waals surface area contributed by atoms with Crippen LogP contribution >= 0.6 is 11.3 Å². The van der Waals surface area contributed by atoms with E-state index in [1.54, 1.807) is 11.3 Å². The fourth-order valence-corrected chi connectivity index (χ4v) is 5.79. The highest BCUT2D eigenvalue weighted by atomic mass is 32.1. The van der Waals surface area contributed by atoms with Gasteiger partial charge in [-0.15, -0.1) is 11.3 Å². The molecule has 2 aliphatic rings. The number of fused-ring (bicyclic) bond motifs is 1. The third-order valence-electron chi connectivity index (χ3n) is 6.67. The monoisotopic (exact) mass is 392 g/mol. The summed E-state index contributed by atoms with van der Waals surface area (Å²) in [5.74, 6) is -0.348. The largest absolute Gasteiger partial charge is 0.462 e. The van der Waals surface area contributed by atoms with Crippen molar-refractivity contribution < 1.29 is 14.3 Å². The van der Waals surface area contributed by atoms with Gasteiger partial charge in [-0.25, -0.2) is 4.79 Å². The maximum atomic E-state index is 13.0. The quantitative estimate of drug-likeness (QED) is 0.733. The summed E-state index contributed by atoms with van der Waals surface area (Å²) in [5.41, 5.74) is 1.58. The second-order valence-corrected chi connectivity index (χ2v) is 9.93. The van der Waals surface area contributed by atoms with Crippen molar-refractivity contribution in [2.75, 3.05) is 25.0 Å². The van der Waals surface area contributed by atoms with Gasteiger partial charge in [-0.1, -0.05) is 34.6 Å². The minimum absolute atomic E-state index is 0.0135. The maximum absolute atomic E-state index is 13.0. The van der Waals surface area contributed by atoms with Crippen LogP contribution in [0.2, 0.25) is 0 Å². The van der Waals surface area contributed by atoms with Crippen molar-refractivity contribution in [1.82, 2.24) is 4.90 Å². The standard InChI is InChI=1S/C21H32N2O3S/c1-7-10-23-11-9-13-14(12-23)27-18(15(13)19(25)26-8-2)22-17(24)16-20(3,4)21(16,5)6/h16H,7-12H2,1-6H3,(H,22,24). The number of anilines is 1. The van der Waals surface area contributed by atoms with Gasteiger partial charge in [0.1, 0.15) is 5.00 Å². The SMILES string of the molecule is CCCN1CCc2c(sc(NC(=O)C3C(C)(C)C3(C)C)c2C(=O)OCC)C1. The van der Waals surface area contributed by atoms with Crippen molar-refractivity contribution in [3.63, 3.8) is 0 Å². The Labute approximate surface area is 166 Å². The van der Waals surface area contributed by atoms with Gasteiger partial charge in [-0.2, -0.15) is 0 Å². The molecule has 2 heterocycles. The summed E-state index contributed by atoms with van der Waals surface area (Å²) in [6, 6.07) is 0. The van der Waals surface area contributed by atoms with Gasteiger partial charge in [0.15, 0.2) is 0 Å². The van der Waals surface area contributed by atoms with Gasteiger partial charge >= 0.3 is 5.97 Å². The highest BCUT2D eigenvalue weighted by molar-refractivity contribution is 7.17. The van der Waals surface area contributed by atoms with Crippen molar-refractivity contribution in [1.29, 1.82) is 0 Å². The Morgan fingerprint density at radius 3 is 2.44 bits per heavy atom. The number of carbonyl (C=O) groups is 2. The third-order valence-corrected chi connectivity index (χ3v) is 7.81. The van der Waals surface area contributed by atoms with E-state index in [-0.39, 0.29) is 28.6 Å². The van der Waals surface area contributed by atoms with Crippen molar-refractivity contribution in [3.05, 3.63) is 16.0 Å². The van der Waals surface area contributed by atoms with E-state index in [2.05, 4.69) is 44.8 Å². The average molecular weight is 393 g/mol. The Bertz CT molecular complexity index is 737. The van der Waals surface area contributed by atoms with Crippen LogP contribution in [0.5, 0.6) is 0 Å². The van der Waals surface area contributed by atoms with Gasteiger partial charge in [-0.05, 0) is 42.7 Å². The molecule has 1 aromatic rings. The molecular weight excluding hydrogens is 360 g/mol. The Kier molecular flexibility index (Phi) is 5.43. The van der Waals surface area contributed by atoms with Crippen LogP contribution in [-0.2, 0) is 22.5 Å². The minimum Gasteiger partial charge on any atom is -0.462 e. The fraction of sp³-hybridized carbons (Fsp3) is 0.714. The molecule has 0 aromatic carbocycles. The molecule has 0 bridgehead atoms. The zero-order chi connectivity index (χ0) is 20.0. The van der Waals surface area contributed by atoms with Crippen molar-refractivity contribution in [3.8, 4) is 0 Å². The number of carbonyl (C=O) groups excluding carboxylic acids is 2. The van der Waals surface area contributed by atoms with Crippen LogP contribution in [0, 0.1) is 16.7 Å². The van der Waals surface area contributed by atoms with E-state index < -0.39 is 0 Å². The molecule has 1 aromatic heterocycles. The lowest BCUT2D eigenvalue weighted by Crippen LogP contribution is -2.30. The molecule has 1 amide bonds. The molecular formula is C21H32N2O3S. The second kappa shape index (κ2) is 7.21. The predicted octanol–water partition coefficient (Wildman–Crippen LogP) is 4.31.